The lowest BCUT2D eigenvalue weighted by Crippen LogP contribution is -2.19. The number of nitrogen functional groups attached to an aromatic ring is 1. The number of amides is 1. The second-order valence-corrected chi connectivity index (χ2v) is 8.41. The number of hydrogen-bond acceptors (Lipinski definition) is 8. The fraction of sp³-hybridized carbons (Fsp3) is 0.200. The Balaban J connectivity index is 1.67. The number of carbonyl (C=O) groups excluding carboxylic acids is 1. The van der Waals surface area contributed by atoms with Crippen LogP contribution in [0.15, 0.2) is 40.4 Å². The smallest absolute Gasteiger partial charge is 0.271 e. The Morgan fingerprint density at radius 1 is 1.25 bits per heavy atom. The summed E-state index contributed by atoms with van der Waals surface area (Å²) in [6.07, 6.45) is 0. The van der Waals surface area contributed by atoms with Gasteiger partial charge < -0.3 is 11.2 Å². The summed E-state index contributed by atoms with van der Waals surface area (Å²) in [5.74, 6) is 5.97. The highest BCUT2D eigenvalue weighted by molar-refractivity contribution is 7.99. The monoisotopic (exact) mass is 422 g/mol. The summed E-state index contributed by atoms with van der Waals surface area (Å²) < 4.78 is 25.6. The average Bonchev–Trinajstić information content (AvgIpc) is 3.14. The number of carbonyl (C=O) groups is 1. The molecule has 0 fully saturated rings. The van der Waals surface area contributed by atoms with Crippen molar-refractivity contribution in [1.82, 2.24) is 24.7 Å². The largest absolute Gasteiger partial charge is 0.334 e. The normalized spacial score (nSPS) is 11.5. The summed E-state index contributed by atoms with van der Waals surface area (Å²) in [5.41, 5.74) is 1.98. The molecule has 1 aromatic carbocycles. The van der Waals surface area contributed by atoms with Crippen LogP contribution in [0, 0.1) is 13.8 Å². The minimum atomic E-state index is -3.85. The van der Waals surface area contributed by atoms with E-state index in [1.54, 1.807) is 10.7 Å². The van der Waals surface area contributed by atoms with Crippen molar-refractivity contribution >= 4 is 33.4 Å². The fourth-order valence-electron chi connectivity index (χ4n) is 2.42. The molecule has 0 aliphatic carbocycles. The van der Waals surface area contributed by atoms with Crippen LogP contribution in [0.4, 0.5) is 5.69 Å². The lowest BCUT2D eigenvalue weighted by atomic mass is 10.3. The average molecular weight is 422 g/mol. The lowest BCUT2D eigenvalue weighted by Gasteiger charge is -2.07. The van der Waals surface area contributed by atoms with E-state index in [9.17, 15) is 13.2 Å². The summed E-state index contributed by atoms with van der Waals surface area (Å²) in [6.45, 7) is 3.72. The highest BCUT2D eigenvalue weighted by Crippen LogP contribution is 2.19. The number of nitrogens with two attached hydrogens (primary N) is 2. The van der Waals surface area contributed by atoms with Crippen molar-refractivity contribution < 1.29 is 13.2 Å². The Kier molecular flexibility index (Phi) is 5.40. The van der Waals surface area contributed by atoms with Gasteiger partial charge in [-0.2, -0.15) is 5.10 Å². The zero-order valence-corrected chi connectivity index (χ0v) is 16.7. The third-order valence-electron chi connectivity index (χ3n) is 3.62. The maximum atomic E-state index is 12.2. The van der Waals surface area contributed by atoms with E-state index in [1.165, 1.54) is 22.9 Å². The molecule has 0 aliphatic rings. The van der Waals surface area contributed by atoms with Crippen molar-refractivity contribution in [2.24, 2.45) is 5.14 Å². The van der Waals surface area contributed by atoms with E-state index in [-0.39, 0.29) is 16.6 Å². The van der Waals surface area contributed by atoms with Gasteiger partial charge in [-0.3, -0.25) is 4.79 Å². The van der Waals surface area contributed by atoms with E-state index in [1.807, 2.05) is 19.9 Å². The Hall–Kier alpha value is -2.90. The van der Waals surface area contributed by atoms with E-state index in [2.05, 4.69) is 20.6 Å². The van der Waals surface area contributed by atoms with Crippen LogP contribution in [0.3, 0.4) is 0 Å². The molecule has 0 radical (unpaired) electrons. The van der Waals surface area contributed by atoms with Gasteiger partial charge in [0.15, 0.2) is 0 Å². The second kappa shape index (κ2) is 7.61. The molecule has 148 valence electrons. The predicted octanol–water partition coefficient (Wildman–Crippen LogP) is 0.173. The number of primary sulfonamides is 1. The number of benzene rings is 1. The molecular formula is C15H18N8O3S2. The Morgan fingerprint density at radius 2 is 2.00 bits per heavy atom. The van der Waals surface area contributed by atoms with Gasteiger partial charge in [0.1, 0.15) is 0 Å². The first kappa shape index (κ1) is 19.9. The number of thioether (sulfide) groups is 1. The standard InChI is InChI=1S/C15H18N8O3S2/c1-9-6-10(2)23(21-9)14-19-20-15(22(14)16)27-8-13(24)18-11-4-3-5-12(7-11)28(17,25)26/h3-7H,8,16H2,1-2H3,(H,18,24)(H2,17,25,26). The van der Waals surface area contributed by atoms with Crippen LogP contribution in [-0.2, 0) is 14.8 Å². The number of sulfonamides is 1. The van der Waals surface area contributed by atoms with E-state index >= 15 is 0 Å². The van der Waals surface area contributed by atoms with E-state index in [0.717, 1.165) is 23.1 Å². The quantitative estimate of drug-likeness (QED) is 0.374. The Bertz CT molecular complexity index is 1140. The van der Waals surface area contributed by atoms with E-state index < -0.39 is 10.0 Å². The van der Waals surface area contributed by atoms with Crippen LogP contribution in [0.1, 0.15) is 11.4 Å². The molecule has 3 aromatic rings. The van der Waals surface area contributed by atoms with Gasteiger partial charge in [0.2, 0.25) is 21.1 Å². The third kappa shape index (κ3) is 4.32. The van der Waals surface area contributed by atoms with Gasteiger partial charge >= 0.3 is 0 Å². The summed E-state index contributed by atoms with van der Waals surface area (Å²) in [4.78, 5) is 12.1. The summed E-state index contributed by atoms with van der Waals surface area (Å²) in [6, 6.07) is 7.55. The van der Waals surface area contributed by atoms with Crippen molar-refractivity contribution in [3.63, 3.8) is 0 Å². The first-order chi connectivity index (χ1) is 13.1. The van der Waals surface area contributed by atoms with Gasteiger partial charge in [0.25, 0.3) is 5.95 Å². The number of rotatable bonds is 6. The van der Waals surface area contributed by atoms with Crippen molar-refractivity contribution in [2.45, 2.75) is 23.9 Å². The van der Waals surface area contributed by atoms with Crippen molar-refractivity contribution in [1.29, 1.82) is 0 Å². The van der Waals surface area contributed by atoms with Crippen LogP contribution < -0.4 is 16.3 Å². The Labute approximate surface area is 165 Å². The van der Waals surface area contributed by atoms with Gasteiger partial charge in [0, 0.05) is 11.4 Å². The minimum absolute atomic E-state index is 0.00788. The molecule has 0 spiro atoms. The maximum Gasteiger partial charge on any atom is 0.271 e. The summed E-state index contributed by atoms with van der Waals surface area (Å²) in [5, 5.41) is 20.3. The number of aromatic nitrogens is 5. The molecule has 1 amide bonds. The molecule has 0 saturated carbocycles. The second-order valence-electron chi connectivity index (χ2n) is 5.90. The molecular weight excluding hydrogens is 404 g/mol. The molecule has 3 rings (SSSR count). The first-order valence-corrected chi connectivity index (χ1v) is 10.5. The predicted molar refractivity (Wildman–Crippen MR) is 104 cm³/mol. The first-order valence-electron chi connectivity index (χ1n) is 7.95. The van der Waals surface area contributed by atoms with Crippen LogP contribution in [-0.4, -0.2) is 44.7 Å². The lowest BCUT2D eigenvalue weighted by molar-refractivity contribution is -0.113. The molecule has 0 unspecified atom stereocenters. The van der Waals surface area contributed by atoms with Gasteiger partial charge in [-0.25, -0.2) is 22.9 Å². The molecule has 5 N–H and O–H groups in total. The fourth-order valence-corrected chi connectivity index (χ4v) is 3.63. The van der Waals surface area contributed by atoms with Crippen LogP contribution in [0.25, 0.3) is 5.95 Å². The number of hydrogen-bond donors (Lipinski definition) is 3. The van der Waals surface area contributed by atoms with Crippen LogP contribution in [0.2, 0.25) is 0 Å². The zero-order chi connectivity index (χ0) is 20.5. The van der Waals surface area contributed by atoms with E-state index in [4.69, 9.17) is 11.0 Å². The topological polar surface area (TPSA) is 164 Å². The highest BCUT2D eigenvalue weighted by atomic mass is 32.2. The molecule has 28 heavy (non-hydrogen) atoms. The van der Waals surface area contributed by atoms with Gasteiger partial charge in [-0.15, -0.1) is 10.2 Å². The van der Waals surface area contributed by atoms with E-state index in [0.29, 0.717) is 16.8 Å². The maximum absolute atomic E-state index is 12.2. The number of aryl methyl sites for hydroxylation is 2. The van der Waals surface area contributed by atoms with Crippen molar-refractivity contribution in [2.75, 3.05) is 16.9 Å². The minimum Gasteiger partial charge on any atom is -0.334 e. The Morgan fingerprint density at radius 3 is 2.64 bits per heavy atom. The van der Waals surface area contributed by atoms with Gasteiger partial charge in [-0.1, -0.05) is 17.8 Å². The molecule has 0 atom stereocenters. The third-order valence-corrected chi connectivity index (χ3v) is 5.48. The van der Waals surface area contributed by atoms with Crippen LogP contribution in [0.5, 0.6) is 0 Å². The molecule has 0 saturated heterocycles. The zero-order valence-electron chi connectivity index (χ0n) is 15.0. The number of anilines is 1. The van der Waals surface area contributed by atoms with Gasteiger partial charge in [-0.05, 0) is 38.1 Å². The van der Waals surface area contributed by atoms with Crippen molar-refractivity contribution in [3.05, 3.63) is 41.7 Å². The molecule has 2 aromatic heterocycles. The molecule has 13 heteroatoms. The molecule has 2 heterocycles. The van der Waals surface area contributed by atoms with Crippen molar-refractivity contribution in [3.8, 4) is 5.95 Å². The molecule has 0 bridgehead atoms. The highest BCUT2D eigenvalue weighted by Gasteiger charge is 2.16. The van der Waals surface area contributed by atoms with Gasteiger partial charge in [0.05, 0.1) is 16.3 Å². The molecule has 0 aliphatic heterocycles. The summed E-state index contributed by atoms with van der Waals surface area (Å²) in [7, 11) is -3.85. The molecule has 11 nitrogen and oxygen atoms in total. The SMILES string of the molecule is Cc1cc(C)n(-c2nnc(SCC(=O)Nc3cccc(S(N)(=O)=O)c3)n2N)n1. The summed E-state index contributed by atoms with van der Waals surface area (Å²) >= 11 is 1.08. The number of nitrogens with zero attached hydrogens (tertiary/aromatic N) is 5. The van der Waals surface area contributed by atoms with Crippen LogP contribution >= 0.6 is 11.8 Å². The number of nitrogens with one attached hydrogen (secondary N) is 1.